The Morgan fingerprint density at radius 1 is 1.38 bits per heavy atom. The van der Waals surface area contributed by atoms with Gasteiger partial charge in [0.25, 0.3) is 6.43 Å². The molecule has 0 unspecified atom stereocenters. The van der Waals surface area contributed by atoms with Crippen LogP contribution in [-0.4, -0.2) is 4.98 Å². The third-order valence-electron chi connectivity index (χ3n) is 1.82. The van der Waals surface area contributed by atoms with Gasteiger partial charge < -0.3 is 0 Å². The van der Waals surface area contributed by atoms with Crippen LogP contribution in [0.3, 0.4) is 0 Å². The highest BCUT2D eigenvalue weighted by Gasteiger charge is 2.38. The standard InChI is InChI=1S/C9H5F5N2/c1-4-2-5(9(12,13)14)7(8(10)11)6(3-15)16-4/h2,8H,1H3. The van der Waals surface area contributed by atoms with E-state index < -0.39 is 29.4 Å². The minimum absolute atomic E-state index is 0.131. The van der Waals surface area contributed by atoms with E-state index in [1.54, 1.807) is 0 Å². The smallest absolute Gasteiger partial charge is 0.242 e. The zero-order valence-electron chi connectivity index (χ0n) is 7.94. The van der Waals surface area contributed by atoms with Crippen molar-refractivity contribution in [2.75, 3.05) is 0 Å². The first-order valence-electron chi connectivity index (χ1n) is 4.04. The number of aryl methyl sites for hydroxylation is 1. The van der Waals surface area contributed by atoms with Gasteiger partial charge in [-0.2, -0.15) is 18.4 Å². The molecule has 1 aromatic heterocycles. The number of rotatable bonds is 1. The summed E-state index contributed by atoms with van der Waals surface area (Å²) in [5, 5.41) is 8.47. The Balaban J connectivity index is 3.59. The summed E-state index contributed by atoms with van der Waals surface area (Å²) >= 11 is 0. The van der Waals surface area contributed by atoms with Gasteiger partial charge in [0.1, 0.15) is 11.8 Å². The highest BCUT2D eigenvalue weighted by molar-refractivity contribution is 5.41. The second kappa shape index (κ2) is 4.04. The van der Waals surface area contributed by atoms with Crippen molar-refractivity contribution in [2.45, 2.75) is 19.5 Å². The van der Waals surface area contributed by atoms with Gasteiger partial charge in [0, 0.05) is 5.69 Å². The van der Waals surface area contributed by atoms with E-state index in [9.17, 15) is 22.0 Å². The molecule has 16 heavy (non-hydrogen) atoms. The maximum absolute atomic E-state index is 12.4. The summed E-state index contributed by atoms with van der Waals surface area (Å²) in [4.78, 5) is 3.35. The van der Waals surface area contributed by atoms with Crippen LogP contribution in [0.25, 0.3) is 0 Å². The fourth-order valence-corrected chi connectivity index (χ4v) is 1.22. The molecular weight excluding hydrogens is 231 g/mol. The van der Waals surface area contributed by atoms with E-state index in [0.717, 1.165) is 0 Å². The van der Waals surface area contributed by atoms with Crippen LogP contribution in [0, 0.1) is 18.3 Å². The van der Waals surface area contributed by atoms with Crippen LogP contribution in [0.5, 0.6) is 0 Å². The van der Waals surface area contributed by atoms with E-state index in [1.165, 1.54) is 13.0 Å². The van der Waals surface area contributed by atoms with Gasteiger partial charge >= 0.3 is 6.18 Å². The van der Waals surface area contributed by atoms with Crippen molar-refractivity contribution in [1.29, 1.82) is 5.26 Å². The largest absolute Gasteiger partial charge is 0.417 e. The lowest BCUT2D eigenvalue weighted by molar-refractivity contribution is -0.139. The third-order valence-corrected chi connectivity index (χ3v) is 1.82. The first kappa shape index (κ1) is 12.4. The van der Waals surface area contributed by atoms with Gasteiger partial charge in [-0.3, -0.25) is 0 Å². The van der Waals surface area contributed by atoms with Crippen LogP contribution in [0.2, 0.25) is 0 Å². The zero-order valence-corrected chi connectivity index (χ0v) is 7.94. The number of nitrogens with zero attached hydrogens (tertiary/aromatic N) is 2. The van der Waals surface area contributed by atoms with Crippen molar-refractivity contribution in [2.24, 2.45) is 0 Å². The van der Waals surface area contributed by atoms with Crippen LogP contribution >= 0.6 is 0 Å². The molecule has 0 radical (unpaired) electrons. The number of hydrogen-bond acceptors (Lipinski definition) is 2. The fraction of sp³-hybridized carbons (Fsp3) is 0.333. The maximum atomic E-state index is 12.4. The molecule has 1 heterocycles. The molecule has 2 nitrogen and oxygen atoms in total. The Kier molecular flexibility index (Phi) is 3.12. The lowest BCUT2D eigenvalue weighted by Crippen LogP contribution is -2.13. The number of pyridine rings is 1. The molecule has 0 aromatic carbocycles. The van der Waals surface area contributed by atoms with Gasteiger partial charge in [-0.25, -0.2) is 13.8 Å². The van der Waals surface area contributed by atoms with Crippen LogP contribution in [-0.2, 0) is 6.18 Å². The molecule has 86 valence electrons. The van der Waals surface area contributed by atoms with Gasteiger partial charge in [0.05, 0.1) is 11.1 Å². The van der Waals surface area contributed by atoms with Crippen LogP contribution in [0.1, 0.15) is 28.9 Å². The summed E-state index contributed by atoms with van der Waals surface area (Å²) in [7, 11) is 0. The molecule has 0 aliphatic carbocycles. The predicted molar refractivity (Wildman–Crippen MR) is 43.6 cm³/mol. The molecule has 0 bridgehead atoms. The third kappa shape index (κ3) is 2.27. The molecule has 0 aliphatic rings. The zero-order chi connectivity index (χ0) is 12.5. The molecule has 0 amide bonds. The second-order valence-corrected chi connectivity index (χ2v) is 2.98. The number of nitriles is 1. The Morgan fingerprint density at radius 2 is 1.94 bits per heavy atom. The fourth-order valence-electron chi connectivity index (χ4n) is 1.22. The molecular formula is C9H5F5N2. The average molecular weight is 236 g/mol. The topological polar surface area (TPSA) is 36.7 Å². The summed E-state index contributed by atoms with van der Waals surface area (Å²) in [5.74, 6) is 0. The molecule has 0 saturated carbocycles. The number of alkyl halides is 5. The Bertz CT molecular complexity index is 444. The normalized spacial score (nSPS) is 11.6. The first-order valence-corrected chi connectivity index (χ1v) is 4.04. The van der Waals surface area contributed by atoms with E-state index in [-0.39, 0.29) is 5.69 Å². The summed E-state index contributed by atoms with van der Waals surface area (Å²) in [6, 6.07) is 1.74. The highest BCUT2D eigenvalue weighted by atomic mass is 19.4. The molecule has 0 saturated heterocycles. The lowest BCUT2D eigenvalue weighted by Gasteiger charge is -2.13. The minimum atomic E-state index is -4.93. The van der Waals surface area contributed by atoms with Crippen LogP contribution in [0.15, 0.2) is 6.07 Å². The van der Waals surface area contributed by atoms with Crippen molar-refractivity contribution in [3.05, 3.63) is 28.6 Å². The van der Waals surface area contributed by atoms with Gasteiger partial charge in [0.2, 0.25) is 0 Å². The van der Waals surface area contributed by atoms with Crippen molar-refractivity contribution < 1.29 is 22.0 Å². The molecule has 1 aromatic rings. The summed E-state index contributed by atoms with van der Waals surface area (Å²) < 4.78 is 62.2. The van der Waals surface area contributed by atoms with Crippen molar-refractivity contribution in [3.8, 4) is 6.07 Å². The van der Waals surface area contributed by atoms with E-state index in [4.69, 9.17) is 5.26 Å². The lowest BCUT2D eigenvalue weighted by atomic mass is 10.1. The first-order chi connectivity index (χ1) is 7.27. The van der Waals surface area contributed by atoms with E-state index >= 15 is 0 Å². The van der Waals surface area contributed by atoms with Crippen LogP contribution in [0.4, 0.5) is 22.0 Å². The minimum Gasteiger partial charge on any atom is -0.242 e. The van der Waals surface area contributed by atoms with Crippen molar-refractivity contribution in [1.82, 2.24) is 4.98 Å². The average Bonchev–Trinajstić information content (AvgIpc) is 2.14. The number of halogens is 5. The Labute approximate surface area is 87.3 Å². The number of hydrogen-bond donors (Lipinski definition) is 0. The highest BCUT2D eigenvalue weighted by Crippen LogP contribution is 2.37. The molecule has 0 atom stereocenters. The SMILES string of the molecule is Cc1cc(C(F)(F)F)c(C(F)F)c(C#N)n1. The van der Waals surface area contributed by atoms with Crippen molar-refractivity contribution >= 4 is 0 Å². The second-order valence-electron chi connectivity index (χ2n) is 2.98. The van der Waals surface area contributed by atoms with E-state index in [2.05, 4.69) is 4.98 Å². The molecule has 0 fully saturated rings. The van der Waals surface area contributed by atoms with Gasteiger partial charge in [0.15, 0.2) is 0 Å². The molecule has 7 heteroatoms. The molecule has 0 N–H and O–H groups in total. The Morgan fingerprint density at radius 3 is 2.31 bits per heavy atom. The van der Waals surface area contributed by atoms with E-state index in [0.29, 0.717) is 6.07 Å². The van der Waals surface area contributed by atoms with Gasteiger partial charge in [-0.05, 0) is 13.0 Å². The van der Waals surface area contributed by atoms with Gasteiger partial charge in [-0.1, -0.05) is 0 Å². The van der Waals surface area contributed by atoms with Crippen LogP contribution < -0.4 is 0 Å². The Hall–Kier alpha value is -1.71. The summed E-state index contributed by atoms with van der Waals surface area (Å²) in [6.07, 6.45) is -8.32. The monoisotopic (exact) mass is 236 g/mol. The maximum Gasteiger partial charge on any atom is 0.417 e. The molecule has 1 rings (SSSR count). The molecule has 0 spiro atoms. The van der Waals surface area contributed by atoms with Crippen molar-refractivity contribution in [3.63, 3.8) is 0 Å². The summed E-state index contributed by atoms with van der Waals surface area (Å²) in [6.45, 7) is 1.20. The predicted octanol–water partition coefficient (Wildman–Crippen LogP) is 3.22. The quantitative estimate of drug-likeness (QED) is 0.702. The van der Waals surface area contributed by atoms with Gasteiger partial charge in [-0.15, -0.1) is 0 Å². The number of aromatic nitrogens is 1. The van der Waals surface area contributed by atoms with E-state index in [1.807, 2.05) is 0 Å². The molecule has 0 aliphatic heterocycles. The summed E-state index contributed by atoms with van der Waals surface area (Å²) in [5.41, 5.74) is -3.89.